The van der Waals surface area contributed by atoms with Crippen LogP contribution in [0, 0.1) is 0 Å². The lowest BCUT2D eigenvalue weighted by molar-refractivity contribution is -0.137. The number of carbonyl (C=O) groups is 4. The van der Waals surface area contributed by atoms with E-state index in [4.69, 9.17) is 15.6 Å². The summed E-state index contributed by atoms with van der Waals surface area (Å²) < 4.78 is 5.18. The van der Waals surface area contributed by atoms with Crippen LogP contribution >= 0.6 is 0 Å². The Morgan fingerprint density at radius 1 is 0.871 bits per heavy atom. The monoisotopic (exact) mass is 427 g/mol. The highest BCUT2D eigenvalue weighted by atomic mass is 16.5. The summed E-state index contributed by atoms with van der Waals surface area (Å²) in [5.41, 5.74) is 6.83. The Labute approximate surface area is 179 Å². The van der Waals surface area contributed by atoms with Crippen LogP contribution in [0.1, 0.15) is 24.0 Å². The summed E-state index contributed by atoms with van der Waals surface area (Å²) >= 11 is 0. The molecule has 0 aromatic heterocycles. The molecule has 0 heterocycles. The molecule has 2 aromatic rings. The van der Waals surface area contributed by atoms with Gasteiger partial charge in [-0.15, -0.1) is 0 Å². The Bertz CT molecular complexity index is 889. The number of hydrogen-bond donors (Lipinski definition) is 4. The molecule has 3 amide bonds. The van der Waals surface area contributed by atoms with Gasteiger partial charge in [0.2, 0.25) is 11.8 Å². The Hall–Kier alpha value is -3.88. The number of rotatable bonds is 11. The SMILES string of the molecule is NC(=O)[C@H](CCC(=O)O)NC(=O)[C@H](Cc1ccccc1)NC(=O)OCc1ccccc1. The molecule has 0 aliphatic rings. The topological polar surface area (TPSA) is 148 Å². The molecule has 0 saturated heterocycles. The third kappa shape index (κ3) is 8.57. The van der Waals surface area contributed by atoms with Crippen molar-refractivity contribution in [3.05, 3.63) is 71.8 Å². The van der Waals surface area contributed by atoms with E-state index in [1.165, 1.54) is 0 Å². The molecule has 0 spiro atoms. The van der Waals surface area contributed by atoms with E-state index in [0.29, 0.717) is 0 Å². The highest BCUT2D eigenvalue weighted by Gasteiger charge is 2.26. The first-order valence-electron chi connectivity index (χ1n) is 9.67. The lowest BCUT2D eigenvalue weighted by Crippen LogP contribution is -2.53. The van der Waals surface area contributed by atoms with E-state index in [1.54, 1.807) is 36.4 Å². The largest absolute Gasteiger partial charge is 0.481 e. The third-order valence-corrected chi connectivity index (χ3v) is 4.41. The minimum atomic E-state index is -1.18. The molecule has 0 aliphatic carbocycles. The summed E-state index contributed by atoms with van der Waals surface area (Å²) in [6.45, 7) is 0.0227. The molecule has 0 unspecified atom stereocenters. The van der Waals surface area contributed by atoms with Crippen LogP contribution in [0.4, 0.5) is 4.79 Å². The van der Waals surface area contributed by atoms with Crippen molar-refractivity contribution in [2.75, 3.05) is 0 Å². The van der Waals surface area contributed by atoms with Crippen molar-refractivity contribution >= 4 is 23.9 Å². The number of ether oxygens (including phenoxy) is 1. The summed E-state index contributed by atoms with van der Waals surface area (Å²) in [6, 6.07) is 15.8. The average Bonchev–Trinajstić information content (AvgIpc) is 2.75. The fourth-order valence-corrected chi connectivity index (χ4v) is 2.79. The summed E-state index contributed by atoms with van der Waals surface area (Å²) in [5, 5.41) is 13.7. The zero-order valence-corrected chi connectivity index (χ0v) is 16.8. The molecular formula is C22H25N3O6. The highest BCUT2D eigenvalue weighted by molar-refractivity contribution is 5.91. The van der Waals surface area contributed by atoms with E-state index in [9.17, 15) is 19.2 Å². The first-order valence-corrected chi connectivity index (χ1v) is 9.67. The van der Waals surface area contributed by atoms with Crippen LogP contribution in [0.2, 0.25) is 0 Å². The van der Waals surface area contributed by atoms with E-state index in [0.717, 1.165) is 11.1 Å². The van der Waals surface area contributed by atoms with Gasteiger partial charge in [0, 0.05) is 12.8 Å². The summed E-state index contributed by atoms with van der Waals surface area (Å²) in [7, 11) is 0. The summed E-state index contributed by atoms with van der Waals surface area (Å²) in [5.74, 6) is -2.65. The molecule has 9 nitrogen and oxygen atoms in total. The number of hydrogen-bond acceptors (Lipinski definition) is 5. The van der Waals surface area contributed by atoms with Gasteiger partial charge in [0.05, 0.1) is 0 Å². The van der Waals surface area contributed by atoms with Crippen LogP contribution in [-0.2, 0) is 32.1 Å². The molecular weight excluding hydrogens is 402 g/mol. The predicted molar refractivity (Wildman–Crippen MR) is 112 cm³/mol. The van der Waals surface area contributed by atoms with Crippen LogP contribution in [0.5, 0.6) is 0 Å². The van der Waals surface area contributed by atoms with E-state index in [1.807, 2.05) is 24.3 Å². The number of benzene rings is 2. The molecule has 0 aliphatic heterocycles. The quantitative estimate of drug-likeness (QED) is 0.426. The summed E-state index contributed by atoms with van der Waals surface area (Å²) in [4.78, 5) is 47.4. The molecule has 9 heteroatoms. The number of carbonyl (C=O) groups excluding carboxylic acids is 3. The Kier molecular flexibility index (Phi) is 9.03. The van der Waals surface area contributed by atoms with E-state index >= 15 is 0 Å². The number of nitrogens with one attached hydrogen (secondary N) is 2. The van der Waals surface area contributed by atoms with Crippen molar-refractivity contribution in [3.8, 4) is 0 Å². The molecule has 0 saturated carbocycles. The molecule has 31 heavy (non-hydrogen) atoms. The van der Waals surface area contributed by atoms with Gasteiger partial charge in [0.15, 0.2) is 0 Å². The molecule has 2 atom stereocenters. The number of aliphatic carboxylic acids is 1. The third-order valence-electron chi connectivity index (χ3n) is 4.41. The Balaban J connectivity index is 2.05. The zero-order valence-electron chi connectivity index (χ0n) is 16.8. The average molecular weight is 427 g/mol. The van der Waals surface area contributed by atoms with Gasteiger partial charge in [-0.2, -0.15) is 0 Å². The molecule has 0 bridgehead atoms. The van der Waals surface area contributed by atoms with E-state index in [2.05, 4.69) is 10.6 Å². The Morgan fingerprint density at radius 2 is 1.45 bits per heavy atom. The fourth-order valence-electron chi connectivity index (χ4n) is 2.79. The lowest BCUT2D eigenvalue weighted by Gasteiger charge is -2.21. The van der Waals surface area contributed by atoms with Gasteiger partial charge < -0.3 is 26.2 Å². The number of alkyl carbamates (subject to hydrolysis) is 1. The van der Waals surface area contributed by atoms with Crippen LogP contribution in [0.15, 0.2) is 60.7 Å². The van der Waals surface area contributed by atoms with Crippen molar-refractivity contribution in [2.45, 2.75) is 38.0 Å². The number of carboxylic acid groups (broad SMARTS) is 1. The smallest absolute Gasteiger partial charge is 0.408 e. The van der Waals surface area contributed by atoms with Gasteiger partial charge in [-0.05, 0) is 17.5 Å². The maximum atomic E-state index is 12.8. The predicted octanol–water partition coefficient (Wildman–Crippen LogP) is 1.36. The minimum Gasteiger partial charge on any atom is -0.481 e. The normalized spacial score (nSPS) is 12.3. The number of primary amides is 1. The van der Waals surface area contributed by atoms with E-state index in [-0.39, 0.29) is 25.9 Å². The van der Waals surface area contributed by atoms with Gasteiger partial charge in [-0.3, -0.25) is 14.4 Å². The van der Waals surface area contributed by atoms with Gasteiger partial charge >= 0.3 is 12.1 Å². The maximum Gasteiger partial charge on any atom is 0.408 e. The first kappa shape index (κ1) is 23.4. The molecule has 0 fully saturated rings. The number of carboxylic acids is 1. The standard InChI is InChI=1S/C22H25N3O6/c23-20(28)17(11-12-19(26)27)24-21(29)18(13-15-7-3-1-4-8-15)25-22(30)31-14-16-9-5-2-6-10-16/h1-10,17-18H,11-14H2,(H2,23,28)(H,24,29)(H,25,30)(H,26,27)/t17-,18-/m0/s1. The van der Waals surface area contributed by atoms with Gasteiger partial charge in [0.1, 0.15) is 18.7 Å². The molecule has 5 N–H and O–H groups in total. The number of amides is 3. The molecule has 2 rings (SSSR count). The van der Waals surface area contributed by atoms with Crippen molar-refractivity contribution in [3.63, 3.8) is 0 Å². The van der Waals surface area contributed by atoms with Crippen LogP contribution in [0.25, 0.3) is 0 Å². The van der Waals surface area contributed by atoms with Crippen LogP contribution in [-0.4, -0.2) is 41.1 Å². The second-order valence-electron chi connectivity index (χ2n) is 6.84. The van der Waals surface area contributed by atoms with Crippen molar-refractivity contribution in [1.29, 1.82) is 0 Å². The molecule has 2 aromatic carbocycles. The van der Waals surface area contributed by atoms with Crippen molar-refractivity contribution < 1.29 is 29.0 Å². The molecule has 0 radical (unpaired) electrons. The molecule has 164 valence electrons. The van der Waals surface area contributed by atoms with Crippen molar-refractivity contribution in [2.24, 2.45) is 5.73 Å². The second-order valence-corrected chi connectivity index (χ2v) is 6.84. The lowest BCUT2D eigenvalue weighted by atomic mass is 10.0. The Morgan fingerprint density at radius 3 is 2.00 bits per heavy atom. The van der Waals surface area contributed by atoms with Gasteiger partial charge in [-0.25, -0.2) is 4.79 Å². The van der Waals surface area contributed by atoms with E-state index < -0.39 is 36.0 Å². The van der Waals surface area contributed by atoms with Gasteiger partial charge in [-0.1, -0.05) is 60.7 Å². The van der Waals surface area contributed by atoms with Crippen molar-refractivity contribution in [1.82, 2.24) is 10.6 Å². The fraction of sp³-hybridized carbons (Fsp3) is 0.273. The zero-order chi connectivity index (χ0) is 22.6. The summed E-state index contributed by atoms with van der Waals surface area (Å²) in [6.07, 6.45) is -1.17. The van der Waals surface area contributed by atoms with Crippen LogP contribution in [0.3, 0.4) is 0 Å². The number of nitrogens with two attached hydrogens (primary N) is 1. The highest BCUT2D eigenvalue weighted by Crippen LogP contribution is 2.07. The second kappa shape index (κ2) is 12.0. The maximum absolute atomic E-state index is 12.8. The minimum absolute atomic E-state index is 0.0227. The first-order chi connectivity index (χ1) is 14.8. The van der Waals surface area contributed by atoms with Crippen LogP contribution < -0.4 is 16.4 Å². The van der Waals surface area contributed by atoms with Gasteiger partial charge in [0.25, 0.3) is 0 Å².